The molecule has 1 N–H and O–H groups in total. The molecule has 0 saturated carbocycles. The molecule has 0 spiro atoms. The van der Waals surface area contributed by atoms with Gasteiger partial charge in [0.2, 0.25) is 0 Å². The van der Waals surface area contributed by atoms with Gasteiger partial charge in [-0.05, 0) is 59.3 Å². The van der Waals surface area contributed by atoms with E-state index in [1.54, 1.807) is 0 Å². The van der Waals surface area contributed by atoms with Gasteiger partial charge in [0.05, 0.1) is 0 Å². The Morgan fingerprint density at radius 1 is 1.16 bits per heavy atom. The average Bonchev–Trinajstić information content (AvgIpc) is 2.38. The highest BCUT2D eigenvalue weighted by atomic mass is 79.9. The second kappa shape index (κ2) is 9.49. The smallest absolute Gasteiger partial charge is 0.0410 e. The molecule has 0 radical (unpaired) electrons. The first-order valence-electron chi connectivity index (χ1n) is 7.54. The Kier molecular flexibility index (Phi) is 8.31. The van der Waals surface area contributed by atoms with E-state index in [9.17, 15) is 0 Å². The fourth-order valence-corrected chi connectivity index (χ4v) is 3.19. The van der Waals surface area contributed by atoms with Gasteiger partial charge in [0.25, 0.3) is 0 Å². The third kappa shape index (κ3) is 6.05. The van der Waals surface area contributed by atoms with Crippen LogP contribution in [0, 0.1) is 5.92 Å². The predicted molar refractivity (Wildman–Crippen MR) is 86.4 cm³/mol. The van der Waals surface area contributed by atoms with Crippen LogP contribution in [0.5, 0.6) is 0 Å². The highest BCUT2D eigenvalue weighted by Crippen LogP contribution is 2.22. The van der Waals surface area contributed by atoms with E-state index in [2.05, 4.69) is 53.1 Å². The highest BCUT2D eigenvalue weighted by Gasteiger charge is 2.19. The lowest BCUT2D eigenvalue weighted by atomic mass is 9.87. The topological polar surface area (TPSA) is 24.9 Å². The Hall–Kier alpha value is -0.410. The Labute approximate surface area is 126 Å². The molecule has 1 aromatic rings. The minimum atomic E-state index is 0.570. The largest absolute Gasteiger partial charge is 0.314 e. The monoisotopic (exact) mass is 326 g/mol. The lowest BCUT2D eigenvalue weighted by molar-refractivity contribution is 0.312. The molecule has 0 amide bonds. The SMILES string of the molecule is CCCC(CCC)C(Cc1cncc(Br)c1)NCC. The van der Waals surface area contributed by atoms with Crippen LogP contribution in [-0.2, 0) is 6.42 Å². The van der Waals surface area contributed by atoms with Crippen molar-refractivity contribution in [2.75, 3.05) is 6.54 Å². The van der Waals surface area contributed by atoms with Crippen LogP contribution < -0.4 is 5.32 Å². The van der Waals surface area contributed by atoms with E-state index in [0.717, 1.165) is 23.4 Å². The maximum atomic E-state index is 4.27. The fourth-order valence-electron chi connectivity index (χ4n) is 2.78. The Bertz CT molecular complexity index is 348. The molecule has 108 valence electrons. The number of nitrogens with one attached hydrogen (secondary N) is 1. The zero-order valence-corrected chi connectivity index (χ0v) is 14.0. The highest BCUT2D eigenvalue weighted by molar-refractivity contribution is 9.10. The molecule has 0 aliphatic carbocycles. The zero-order valence-electron chi connectivity index (χ0n) is 12.5. The second-order valence-corrected chi connectivity index (χ2v) is 6.13. The van der Waals surface area contributed by atoms with E-state index < -0.39 is 0 Å². The van der Waals surface area contributed by atoms with Gasteiger partial charge in [0.1, 0.15) is 0 Å². The first kappa shape index (κ1) is 16.6. The Morgan fingerprint density at radius 2 is 1.84 bits per heavy atom. The molecule has 0 fully saturated rings. The first-order chi connectivity index (χ1) is 9.21. The van der Waals surface area contributed by atoms with Gasteiger partial charge >= 0.3 is 0 Å². The molecule has 19 heavy (non-hydrogen) atoms. The van der Waals surface area contributed by atoms with Crippen molar-refractivity contribution in [1.82, 2.24) is 10.3 Å². The zero-order chi connectivity index (χ0) is 14.1. The van der Waals surface area contributed by atoms with Crippen LogP contribution in [0.25, 0.3) is 0 Å². The quantitative estimate of drug-likeness (QED) is 0.718. The van der Waals surface area contributed by atoms with Crippen molar-refractivity contribution < 1.29 is 0 Å². The minimum Gasteiger partial charge on any atom is -0.314 e. The summed E-state index contributed by atoms with van der Waals surface area (Å²) in [7, 11) is 0. The molecule has 1 unspecified atom stereocenters. The molecule has 3 heteroatoms. The number of nitrogens with zero attached hydrogens (tertiary/aromatic N) is 1. The molecule has 0 aliphatic rings. The number of hydrogen-bond acceptors (Lipinski definition) is 2. The van der Waals surface area contributed by atoms with Crippen molar-refractivity contribution in [3.63, 3.8) is 0 Å². The summed E-state index contributed by atoms with van der Waals surface area (Å²) in [5.74, 6) is 0.772. The van der Waals surface area contributed by atoms with Crippen molar-refractivity contribution in [3.8, 4) is 0 Å². The summed E-state index contributed by atoms with van der Waals surface area (Å²) in [5.41, 5.74) is 1.32. The summed E-state index contributed by atoms with van der Waals surface area (Å²) in [4.78, 5) is 4.27. The molecule has 1 atom stereocenters. The summed E-state index contributed by atoms with van der Waals surface area (Å²) in [6, 6.07) is 2.76. The molecular weight excluding hydrogens is 300 g/mol. The lowest BCUT2D eigenvalue weighted by Gasteiger charge is -2.27. The van der Waals surface area contributed by atoms with E-state index in [4.69, 9.17) is 0 Å². The Morgan fingerprint density at radius 3 is 2.37 bits per heavy atom. The number of likely N-dealkylation sites (N-methyl/N-ethyl adjacent to an activating group) is 1. The normalized spacial score (nSPS) is 12.9. The van der Waals surface area contributed by atoms with E-state index >= 15 is 0 Å². The van der Waals surface area contributed by atoms with Crippen LogP contribution >= 0.6 is 15.9 Å². The van der Waals surface area contributed by atoms with Gasteiger partial charge in [0.15, 0.2) is 0 Å². The molecule has 1 heterocycles. The van der Waals surface area contributed by atoms with Crippen molar-refractivity contribution in [3.05, 3.63) is 28.5 Å². The molecule has 0 aliphatic heterocycles. The van der Waals surface area contributed by atoms with Gasteiger partial charge in [-0.2, -0.15) is 0 Å². The lowest BCUT2D eigenvalue weighted by Crippen LogP contribution is -2.38. The molecule has 0 saturated heterocycles. The summed E-state index contributed by atoms with van der Waals surface area (Å²) in [5, 5.41) is 3.68. The van der Waals surface area contributed by atoms with Crippen molar-refractivity contribution in [2.24, 2.45) is 5.92 Å². The molecule has 2 nitrogen and oxygen atoms in total. The molecule has 1 aromatic heterocycles. The molecule has 1 rings (SSSR count). The standard InChI is InChI=1S/C16H27BrN2/c1-4-7-14(8-5-2)16(19-6-3)10-13-9-15(17)12-18-11-13/h9,11-12,14,16,19H,4-8,10H2,1-3H3. The second-order valence-electron chi connectivity index (χ2n) is 5.22. The van der Waals surface area contributed by atoms with Crippen molar-refractivity contribution in [1.29, 1.82) is 0 Å². The maximum Gasteiger partial charge on any atom is 0.0410 e. The van der Waals surface area contributed by atoms with E-state index in [1.807, 2.05) is 12.4 Å². The predicted octanol–water partition coefficient (Wildman–Crippen LogP) is 4.58. The third-order valence-corrected chi connectivity index (χ3v) is 4.01. The average molecular weight is 327 g/mol. The molecular formula is C16H27BrN2. The van der Waals surface area contributed by atoms with Crippen molar-refractivity contribution >= 4 is 15.9 Å². The van der Waals surface area contributed by atoms with E-state index in [1.165, 1.54) is 31.2 Å². The Balaban J connectivity index is 2.74. The van der Waals surface area contributed by atoms with Gasteiger partial charge in [0, 0.05) is 22.9 Å². The van der Waals surface area contributed by atoms with Crippen molar-refractivity contribution in [2.45, 2.75) is 58.9 Å². The summed E-state index contributed by atoms with van der Waals surface area (Å²) >= 11 is 3.51. The molecule has 0 bridgehead atoms. The van der Waals surface area contributed by atoms with E-state index in [-0.39, 0.29) is 0 Å². The first-order valence-corrected chi connectivity index (χ1v) is 8.33. The van der Waals surface area contributed by atoms with Gasteiger partial charge < -0.3 is 5.32 Å². The third-order valence-electron chi connectivity index (χ3n) is 3.57. The van der Waals surface area contributed by atoms with Crippen LogP contribution in [0.3, 0.4) is 0 Å². The molecule has 0 aromatic carbocycles. The number of halogens is 1. The van der Waals surface area contributed by atoms with Gasteiger partial charge in [-0.1, -0.05) is 33.6 Å². The van der Waals surface area contributed by atoms with E-state index in [0.29, 0.717) is 6.04 Å². The number of rotatable bonds is 9. The van der Waals surface area contributed by atoms with Crippen LogP contribution in [0.1, 0.15) is 52.0 Å². The van der Waals surface area contributed by atoms with Crippen LogP contribution in [-0.4, -0.2) is 17.6 Å². The number of pyridine rings is 1. The number of aromatic nitrogens is 1. The van der Waals surface area contributed by atoms with Gasteiger partial charge in [-0.15, -0.1) is 0 Å². The van der Waals surface area contributed by atoms with Gasteiger partial charge in [-0.25, -0.2) is 0 Å². The van der Waals surface area contributed by atoms with Crippen LogP contribution in [0.15, 0.2) is 22.9 Å². The fraction of sp³-hybridized carbons (Fsp3) is 0.688. The maximum absolute atomic E-state index is 4.27. The summed E-state index contributed by atoms with van der Waals surface area (Å²) in [6.07, 6.45) is 10.1. The summed E-state index contributed by atoms with van der Waals surface area (Å²) in [6.45, 7) is 7.80. The summed E-state index contributed by atoms with van der Waals surface area (Å²) < 4.78 is 1.07. The number of hydrogen-bond donors (Lipinski definition) is 1. The minimum absolute atomic E-state index is 0.570. The van der Waals surface area contributed by atoms with Crippen LogP contribution in [0.4, 0.5) is 0 Å². The van der Waals surface area contributed by atoms with Gasteiger partial charge in [-0.3, -0.25) is 4.98 Å². The van der Waals surface area contributed by atoms with Crippen LogP contribution in [0.2, 0.25) is 0 Å².